The average Bonchev–Trinajstić information content (AvgIpc) is 2.92. The van der Waals surface area contributed by atoms with E-state index in [1.165, 1.54) is 12.8 Å². The van der Waals surface area contributed by atoms with Crippen LogP contribution in [0.25, 0.3) is 0 Å². The first-order valence-electron chi connectivity index (χ1n) is 7.12. The van der Waals surface area contributed by atoms with Gasteiger partial charge in [0, 0.05) is 5.56 Å². The van der Waals surface area contributed by atoms with Crippen molar-refractivity contribution in [3.63, 3.8) is 0 Å². The third kappa shape index (κ3) is 2.30. The van der Waals surface area contributed by atoms with E-state index < -0.39 is 6.10 Å². The second-order valence-electron chi connectivity index (χ2n) is 5.17. The highest BCUT2D eigenvalue weighted by atomic mass is 16.5. The Labute approximate surface area is 113 Å². The molecule has 2 atom stereocenters. The molecule has 2 unspecified atom stereocenters. The highest BCUT2D eigenvalue weighted by molar-refractivity contribution is 5.49. The van der Waals surface area contributed by atoms with Gasteiger partial charge in [0.2, 0.25) is 0 Å². The first kappa shape index (κ1) is 12.8. The Bertz CT molecular complexity index is 443. The van der Waals surface area contributed by atoms with Gasteiger partial charge in [0.15, 0.2) is 11.5 Å². The highest BCUT2D eigenvalue weighted by Gasteiger charge is 2.36. The first-order chi connectivity index (χ1) is 9.31. The fraction of sp³-hybridized carbons (Fsp3) is 0.600. The summed E-state index contributed by atoms with van der Waals surface area (Å²) >= 11 is 0. The molecule has 3 rings (SSSR count). The van der Waals surface area contributed by atoms with Crippen molar-refractivity contribution in [1.82, 2.24) is 4.90 Å². The van der Waals surface area contributed by atoms with Gasteiger partial charge in [-0.05, 0) is 38.9 Å². The molecule has 4 heteroatoms. The summed E-state index contributed by atoms with van der Waals surface area (Å²) in [5, 5.41) is 10.3. The topological polar surface area (TPSA) is 41.9 Å². The van der Waals surface area contributed by atoms with Crippen molar-refractivity contribution >= 4 is 0 Å². The van der Waals surface area contributed by atoms with Gasteiger partial charge >= 0.3 is 0 Å². The number of aliphatic hydroxyl groups is 1. The highest BCUT2D eigenvalue weighted by Crippen LogP contribution is 2.42. The van der Waals surface area contributed by atoms with Crippen LogP contribution in [0.5, 0.6) is 11.5 Å². The van der Waals surface area contributed by atoms with E-state index in [4.69, 9.17) is 9.47 Å². The maximum Gasteiger partial charge on any atom is 0.166 e. The smallest absolute Gasteiger partial charge is 0.166 e. The monoisotopic (exact) mass is 263 g/mol. The van der Waals surface area contributed by atoms with Crippen molar-refractivity contribution in [2.45, 2.75) is 31.9 Å². The molecular weight excluding hydrogens is 242 g/mol. The molecule has 1 aromatic rings. The number of ether oxygens (including phenoxy) is 2. The summed E-state index contributed by atoms with van der Waals surface area (Å²) < 4.78 is 11.3. The summed E-state index contributed by atoms with van der Waals surface area (Å²) in [4.78, 5) is 2.36. The van der Waals surface area contributed by atoms with Gasteiger partial charge in [0.25, 0.3) is 0 Å². The minimum absolute atomic E-state index is 0.0478. The predicted molar refractivity (Wildman–Crippen MR) is 72.7 cm³/mol. The van der Waals surface area contributed by atoms with Crippen LogP contribution in [-0.2, 0) is 0 Å². The molecule has 1 fully saturated rings. The molecule has 0 spiro atoms. The second kappa shape index (κ2) is 5.39. The van der Waals surface area contributed by atoms with Gasteiger partial charge in [0.05, 0.1) is 12.6 Å². The van der Waals surface area contributed by atoms with E-state index in [0.29, 0.717) is 13.2 Å². The van der Waals surface area contributed by atoms with Crippen molar-refractivity contribution in [3.8, 4) is 11.5 Å². The lowest BCUT2D eigenvalue weighted by Crippen LogP contribution is -2.41. The first-order valence-corrected chi connectivity index (χ1v) is 7.12. The quantitative estimate of drug-likeness (QED) is 0.905. The van der Waals surface area contributed by atoms with Crippen molar-refractivity contribution in [1.29, 1.82) is 0 Å². The van der Waals surface area contributed by atoms with Gasteiger partial charge in [-0.25, -0.2) is 0 Å². The fourth-order valence-electron chi connectivity index (χ4n) is 3.12. The average molecular weight is 263 g/mol. The Morgan fingerprint density at radius 3 is 2.89 bits per heavy atom. The van der Waals surface area contributed by atoms with Gasteiger partial charge in [-0.15, -0.1) is 0 Å². The van der Waals surface area contributed by atoms with E-state index in [2.05, 4.69) is 4.90 Å². The zero-order chi connectivity index (χ0) is 13.2. The van der Waals surface area contributed by atoms with Crippen LogP contribution in [0.15, 0.2) is 18.2 Å². The molecule has 2 aliphatic heterocycles. The second-order valence-corrected chi connectivity index (χ2v) is 5.17. The standard InChI is InChI=1S/C15H21NO3/c1-2-18-13-7-5-6-11-14(16-8-3-4-9-16)12(17)10-19-15(11)13/h5-7,12,14,17H,2-4,8-10H2,1H3. The van der Waals surface area contributed by atoms with Crippen LogP contribution in [0.4, 0.5) is 0 Å². The summed E-state index contributed by atoms with van der Waals surface area (Å²) in [5.41, 5.74) is 1.06. The normalized spacial score (nSPS) is 26.8. The molecule has 19 heavy (non-hydrogen) atoms. The molecule has 2 aliphatic rings. The minimum Gasteiger partial charge on any atom is -0.490 e. The lowest BCUT2D eigenvalue weighted by Gasteiger charge is -2.37. The number of nitrogens with zero attached hydrogens (tertiary/aromatic N) is 1. The molecule has 104 valence electrons. The number of fused-ring (bicyclic) bond motifs is 1. The summed E-state index contributed by atoms with van der Waals surface area (Å²) in [6.07, 6.45) is 1.97. The number of hydrogen-bond acceptors (Lipinski definition) is 4. The number of likely N-dealkylation sites (tertiary alicyclic amines) is 1. The molecule has 4 nitrogen and oxygen atoms in total. The van der Waals surface area contributed by atoms with Crippen LogP contribution >= 0.6 is 0 Å². The van der Waals surface area contributed by atoms with Gasteiger partial charge < -0.3 is 14.6 Å². The zero-order valence-electron chi connectivity index (χ0n) is 11.3. The summed E-state index contributed by atoms with van der Waals surface area (Å²) in [5.74, 6) is 1.60. The molecule has 0 bridgehead atoms. The largest absolute Gasteiger partial charge is 0.490 e. The lowest BCUT2D eigenvalue weighted by molar-refractivity contribution is 0.00743. The fourth-order valence-corrected chi connectivity index (χ4v) is 3.12. The van der Waals surface area contributed by atoms with E-state index in [-0.39, 0.29) is 6.04 Å². The predicted octanol–water partition coefficient (Wildman–Crippen LogP) is 1.98. The van der Waals surface area contributed by atoms with E-state index in [9.17, 15) is 5.11 Å². The maximum absolute atomic E-state index is 10.3. The van der Waals surface area contributed by atoms with Crippen LogP contribution in [0.1, 0.15) is 31.4 Å². The molecule has 0 aromatic heterocycles. The molecule has 0 radical (unpaired) electrons. The number of aliphatic hydroxyl groups excluding tert-OH is 1. The van der Waals surface area contributed by atoms with Crippen LogP contribution in [0.2, 0.25) is 0 Å². The molecular formula is C15H21NO3. The summed E-state index contributed by atoms with van der Waals surface area (Å²) in [7, 11) is 0. The maximum atomic E-state index is 10.3. The Morgan fingerprint density at radius 2 is 2.16 bits per heavy atom. The van der Waals surface area contributed by atoms with Crippen LogP contribution in [0, 0.1) is 0 Å². The van der Waals surface area contributed by atoms with E-state index >= 15 is 0 Å². The third-order valence-electron chi connectivity index (χ3n) is 3.92. The molecule has 1 aromatic carbocycles. The van der Waals surface area contributed by atoms with Crippen LogP contribution < -0.4 is 9.47 Å². The number of hydrogen-bond donors (Lipinski definition) is 1. The summed E-state index contributed by atoms with van der Waals surface area (Å²) in [6.45, 7) is 5.05. The van der Waals surface area contributed by atoms with E-state index in [0.717, 1.165) is 30.2 Å². The lowest BCUT2D eigenvalue weighted by atomic mass is 9.96. The number of para-hydroxylation sites is 1. The molecule has 0 saturated carbocycles. The van der Waals surface area contributed by atoms with Gasteiger partial charge in [-0.2, -0.15) is 0 Å². The number of rotatable bonds is 3. The van der Waals surface area contributed by atoms with Gasteiger partial charge in [0.1, 0.15) is 12.7 Å². The molecule has 0 aliphatic carbocycles. The minimum atomic E-state index is -0.456. The Hall–Kier alpha value is -1.26. The summed E-state index contributed by atoms with van der Waals surface area (Å²) in [6, 6.07) is 6.00. The Morgan fingerprint density at radius 1 is 1.37 bits per heavy atom. The van der Waals surface area contributed by atoms with Crippen molar-refractivity contribution in [2.75, 3.05) is 26.3 Å². The van der Waals surface area contributed by atoms with Gasteiger partial charge in [-0.1, -0.05) is 12.1 Å². The van der Waals surface area contributed by atoms with Crippen molar-refractivity contribution in [3.05, 3.63) is 23.8 Å². The molecule has 1 N–H and O–H groups in total. The third-order valence-corrected chi connectivity index (χ3v) is 3.92. The van der Waals surface area contributed by atoms with Crippen LogP contribution in [-0.4, -0.2) is 42.4 Å². The molecule has 0 amide bonds. The Kier molecular flexibility index (Phi) is 3.62. The Balaban J connectivity index is 1.97. The van der Waals surface area contributed by atoms with Crippen LogP contribution in [0.3, 0.4) is 0 Å². The SMILES string of the molecule is CCOc1cccc2c1OCC(O)C2N1CCCC1. The van der Waals surface area contributed by atoms with Gasteiger partial charge in [-0.3, -0.25) is 4.90 Å². The van der Waals surface area contributed by atoms with Crippen molar-refractivity contribution < 1.29 is 14.6 Å². The van der Waals surface area contributed by atoms with E-state index in [1.807, 2.05) is 25.1 Å². The van der Waals surface area contributed by atoms with E-state index in [1.54, 1.807) is 0 Å². The van der Waals surface area contributed by atoms with Crippen molar-refractivity contribution in [2.24, 2.45) is 0 Å². The molecule has 1 saturated heterocycles. The zero-order valence-corrected chi connectivity index (χ0v) is 11.3. The molecule has 2 heterocycles. The number of benzene rings is 1.